The van der Waals surface area contributed by atoms with Crippen molar-refractivity contribution in [1.29, 1.82) is 0 Å². The van der Waals surface area contributed by atoms with Gasteiger partial charge in [-0.3, -0.25) is 4.79 Å². The van der Waals surface area contributed by atoms with E-state index in [2.05, 4.69) is 29.1 Å². The van der Waals surface area contributed by atoms with Crippen molar-refractivity contribution in [3.8, 4) is 11.8 Å². The standard InChI is InChI=1S/C17H23N3O/c1-2-13-6-3-9-15(12-13)20-17(21)16-14(7-4-10-18)8-5-11-19-16/h5,8,11,13,15H,2-3,6,9-10,12,18H2,1H3,(H,20,21). The third-order valence-corrected chi connectivity index (χ3v) is 4.04. The van der Waals surface area contributed by atoms with Crippen LogP contribution >= 0.6 is 0 Å². The zero-order valence-corrected chi connectivity index (χ0v) is 12.6. The van der Waals surface area contributed by atoms with Crippen molar-refractivity contribution in [2.75, 3.05) is 6.54 Å². The second-order valence-electron chi connectivity index (χ2n) is 5.52. The van der Waals surface area contributed by atoms with Gasteiger partial charge in [0.05, 0.1) is 12.1 Å². The molecule has 1 aromatic heterocycles. The van der Waals surface area contributed by atoms with Crippen molar-refractivity contribution in [3.05, 3.63) is 29.6 Å². The minimum atomic E-state index is -0.126. The van der Waals surface area contributed by atoms with E-state index in [1.54, 1.807) is 18.3 Å². The maximum Gasteiger partial charge on any atom is 0.271 e. The van der Waals surface area contributed by atoms with E-state index in [1.807, 2.05) is 0 Å². The lowest BCUT2D eigenvalue weighted by molar-refractivity contribution is 0.0914. The van der Waals surface area contributed by atoms with E-state index in [0.717, 1.165) is 18.8 Å². The molecule has 1 aliphatic carbocycles. The molecule has 2 unspecified atom stereocenters. The lowest BCUT2D eigenvalue weighted by Crippen LogP contribution is -2.39. The lowest BCUT2D eigenvalue weighted by atomic mass is 9.84. The molecular weight excluding hydrogens is 262 g/mol. The van der Waals surface area contributed by atoms with Crippen molar-refractivity contribution in [1.82, 2.24) is 10.3 Å². The average molecular weight is 285 g/mol. The summed E-state index contributed by atoms with van der Waals surface area (Å²) in [4.78, 5) is 16.6. The molecule has 0 radical (unpaired) electrons. The molecule has 21 heavy (non-hydrogen) atoms. The van der Waals surface area contributed by atoms with Gasteiger partial charge in [-0.05, 0) is 30.9 Å². The number of pyridine rings is 1. The molecule has 1 saturated carbocycles. The van der Waals surface area contributed by atoms with Crippen molar-refractivity contribution >= 4 is 5.91 Å². The fourth-order valence-corrected chi connectivity index (χ4v) is 2.88. The summed E-state index contributed by atoms with van der Waals surface area (Å²) in [5.74, 6) is 6.29. The van der Waals surface area contributed by atoms with E-state index in [4.69, 9.17) is 5.73 Å². The number of hydrogen-bond donors (Lipinski definition) is 2. The topological polar surface area (TPSA) is 68.0 Å². The zero-order chi connectivity index (χ0) is 15.1. The van der Waals surface area contributed by atoms with Crippen LogP contribution in [0.15, 0.2) is 18.3 Å². The fourth-order valence-electron chi connectivity index (χ4n) is 2.88. The number of carbonyl (C=O) groups is 1. The SMILES string of the molecule is CCC1CCCC(NC(=O)c2ncccc2C#CCN)C1. The van der Waals surface area contributed by atoms with Gasteiger partial charge >= 0.3 is 0 Å². The quantitative estimate of drug-likeness (QED) is 0.836. The van der Waals surface area contributed by atoms with Gasteiger partial charge in [0.25, 0.3) is 5.91 Å². The van der Waals surface area contributed by atoms with Crippen LogP contribution in [0.1, 0.15) is 55.1 Å². The number of carbonyl (C=O) groups excluding carboxylic acids is 1. The Labute approximate surface area is 126 Å². The van der Waals surface area contributed by atoms with Crippen molar-refractivity contribution < 1.29 is 4.79 Å². The molecule has 1 heterocycles. The minimum Gasteiger partial charge on any atom is -0.348 e. The van der Waals surface area contributed by atoms with Gasteiger partial charge in [-0.15, -0.1) is 0 Å². The van der Waals surface area contributed by atoms with E-state index < -0.39 is 0 Å². The second kappa shape index (κ2) is 7.80. The highest BCUT2D eigenvalue weighted by Gasteiger charge is 2.23. The van der Waals surface area contributed by atoms with Gasteiger partial charge < -0.3 is 11.1 Å². The third-order valence-electron chi connectivity index (χ3n) is 4.04. The molecule has 1 aliphatic rings. The molecule has 112 valence electrons. The van der Waals surface area contributed by atoms with E-state index in [1.165, 1.54) is 19.3 Å². The van der Waals surface area contributed by atoms with E-state index in [0.29, 0.717) is 11.3 Å². The Morgan fingerprint density at radius 1 is 1.52 bits per heavy atom. The third kappa shape index (κ3) is 4.30. The summed E-state index contributed by atoms with van der Waals surface area (Å²) >= 11 is 0. The molecule has 2 rings (SSSR count). The first-order valence-electron chi connectivity index (χ1n) is 7.69. The molecule has 0 aromatic carbocycles. The summed E-state index contributed by atoms with van der Waals surface area (Å²) in [5.41, 5.74) is 6.43. The molecule has 4 nitrogen and oxygen atoms in total. The van der Waals surface area contributed by atoms with Crippen LogP contribution in [-0.2, 0) is 0 Å². The van der Waals surface area contributed by atoms with Crippen LogP contribution in [0.2, 0.25) is 0 Å². The molecule has 0 bridgehead atoms. The fraction of sp³-hybridized carbons (Fsp3) is 0.529. The molecule has 0 spiro atoms. The highest BCUT2D eigenvalue weighted by Crippen LogP contribution is 2.26. The first kappa shape index (κ1) is 15.5. The first-order valence-corrected chi connectivity index (χ1v) is 7.69. The van der Waals surface area contributed by atoms with Gasteiger partial charge in [0.15, 0.2) is 0 Å². The number of aromatic nitrogens is 1. The minimum absolute atomic E-state index is 0.126. The predicted octanol–water partition coefficient (Wildman–Crippen LogP) is 2.09. The summed E-state index contributed by atoms with van der Waals surface area (Å²) in [6.45, 7) is 2.49. The summed E-state index contributed by atoms with van der Waals surface area (Å²) < 4.78 is 0. The maximum atomic E-state index is 12.4. The Balaban J connectivity index is 2.06. The second-order valence-corrected chi connectivity index (χ2v) is 5.52. The largest absolute Gasteiger partial charge is 0.348 e. The van der Waals surface area contributed by atoms with Crippen LogP contribution in [0.3, 0.4) is 0 Å². The molecule has 0 aliphatic heterocycles. The van der Waals surface area contributed by atoms with Crippen LogP contribution in [-0.4, -0.2) is 23.5 Å². The molecule has 1 amide bonds. The van der Waals surface area contributed by atoms with Crippen LogP contribution in [0.4, 0.5) is 0 Å². The van der Waals surface area contributed by atoms with Gasteiger partial charge in [0.1, 0.15) is 5.69 Å². The first-order chi connectivity index (χ1) is 10.2. The smallest absolute Gasteiger partial charge is 0.271 e. The zero-order valence-electron chi connectivity index (χ0n) is 12.6. The Morgan fingerprint density at radius 2 is 2.38 bits per heavy atom. The molecule has 4 heteroatoms. The number of nitrogens with two attached hydrogens (primary N) is 1. The van der Waals surface area contributed by atoms with Gasteiger partial charge in [0.2, 0.25) is 0 Å². The Bertz CT molecular complexity index is 544. The normalized spacial score (nSPS) is 21.2. The Hall–Kier alpha value is -1.86. The van der Waals surface area contributed by atoms with E-state index in [-0.39, 0.29) is 18.5 Å². The Kier molecular flexibility index (Phi) is 5.77. The van der Waals surface area contributed by atoms with E-state index in [9.17, 15) is 4.79 Å². The number of nitrogens with one attached hydrogen (secondary N) is 1. The summed E-state index contributed by atoms with van der Waals surface area (Å²) in [5, 5.41) is 3.12. The molecule has 2 atom stereocenters. The van der Waals surface area contributed by atoms with Crippen LogP contribution < -0.4 is 11.1 Å². The van der Waals surface area contributed by atoms with Crippen LogP contribution in [0.5, 0.6) is 0 Å². The summed E-state index contributed by atoms with van der Waals surface area (Å²) in [7, 11) is 0. The summed E-state index contributed by atoms with van der Waals surface area (Å²) in [6.07, 6.45) is 7.39. The van der Waals surface area contributed by atoms with Gasteiger partial charge in [-0.25, -0.2) is 4.98 Å². The van der Waals surface area contributed by atoms with Crippen LogP contribution in [0.25, 0.3) is 0 Å². The predicted molar refractivity (Wildman–Crippen MR) is 83.7 cm³/mol. The molecular formula is C17H23N3O. The van der Waals surface area contributed by atoms with Gasteiger partial charge in [-0.1, -0.05) is 38.0 Å². The van der Waals surface area contributed by atoms with E-state index >= 15 is 0 Å². The molecule has 3 N–H and O–H groups in total. The lowest BCUT2D eigenvalue weighted by Gasteiger charge is -2.29. The van der Waals surface area contributed by atoms with Crippen molar-refractivity contribution in [3.63, 3.8) is 0 Å². The number of rotatable bonds is 3. The van der Waals surface area contributed by atoms with Gasteiger partial charge in [-0.2, -0.15) is 0 Å². The summed E-state index contributed by atoms with van der Waals surface area (Å²) in [6, 6.07) is 3.85. The number of nitrogens with zero attached hydrogens (tertiary/aromatic N) is 1. The molecule has 0 saturated heterocycles. The number of amides is 1. The highest BCUT2D eigenvalue weighted by atomic mass is 16.1. The van der Waals surface area contributed by atoms with Crippen molar-refractivity contribution in [2.45, 2.75) is 45.1 Å². The molecule has 1 fully saturated rings. The monoisotopic (exact) mass is 285 g/mol. The van der Waals surface area contributed by atoms with Gasteiger partial charge in [0, 0.05) is 12.2 Å². The number of hydrogen-bond acceptors (Lipinski definition) is 3. The highest BCUT2D eigenvalue weighted by molar-refractivity contribution is 5.94. The van der Waals surface area contributed by atoms with Crippen molar-refractivity contribution in [2.24, 2.45) is 11.7 Å². The Morgan fingerprint density at radius 3 is 3.14 bits per heavy atom. The average Bonchev–Trinajstić information content (AvgIpc) is 2.53. The van der Waals surface area contributed by atoms with Crippen LogP contribution in [0, 0.1) is 17.8 Å². The maximum absolute atomic E-state index is 12.4. The molecule has 1 aromatic rings.